The zero-order chi connectivity index (χ0) is 19.2. The number of carbonyl (C=O) groups is 1. The number of carbonyl (C=O) groups excluding carboxylic acids is 1. The van der Waals surface area contributed by atoms with Crippen LogP contribution in [0.25, 0.3) is 0 Å². The summed E-state index contributed by atoms with van der Waals surface area (Å²) in [5.41, 5.74) is 2.29. The van der Waals surface area contributed by atoms with Gasteiger partial charge in [-0.05, 0) is 29.8 Å². The van der Waals surface area contributed by atoms with Crippen molar-refractivity contribution in [3.8, 4) is 0 Å². The van der Waals surface area contributed by atoms with Crippen molar-refractivity contribution in [3.05, 3.63) is 96.6 Å². The number of hydrogen-bond acceptors (Lipinski definition) is 3. The molecule has 0 spiro atoms. The molecular formula is C24H24N2OS. The summed E-state index contributed by atoms with van der Waals surface area (Å²) >= 11 is 1.64. The molecule has 1 fully saturated rings. The zero-order valence-corrected chi connectivity index (χ0v) is 16.6. The van der Waals surface area contributed by atoms with Crippen LogP contribution < -0.4 is 4.90 Å². The van der Waals surface area contributed by atoms with Gasteiger partial charge in [-0.1, -0.05) is 66.7 Å². The second-order valence-electron chi connectivity index (χ2n) is 6.87. The molecule has 1 heterocycles. The number of anilines is 1. The normalized spacial score (nSPS) is 15.3. The molecule has 0 N–H and O–H groups in total. The first-order chi connectivity index (χ1) is 13.8. The van der Waals surface area contributed by atoms with Crippen molar-refractivity contribution in [1.29, 1.82) is 0 Å². The summed E-state index contributed by atoms with van der Waals surface area (Å²) in [7, 11) is 0. The summed E-state index contributed by atoms with van der Waals surface area (Å²) in [6, 6.07) is 30.7. The maximum atomic E-state index is 13.4. The van der Waals surface area contributed by atoms with Gasteiger partial charge in [-0.2, -0.15) is 0 Å². The van der Waals surface area contributed by atoms with Gasteiger partial charge in [-0.15, -0.1) is 11.8 Å². The van der Waals surface area contributed by atoms with E-state index in [1.54, 1.807) is 11.8 Å². The summed E-state index contributed by atoms with van der Waals surface area (Å²) < 4.78 is 0. The topological polar surface area (TPSA) is 23.6 Å². The smallest absolute Gasteiger partial charge is 0.240 e. The number of para-hydroxylation sites is 1. The number of rotatable bonds is 5. The molecule has 28 heavy (non-hydrogen) atoms. The summed E-state index contributed by atoms with van der Waals surface area (Å²) in [6.45, 7) is 3.25. The zero-order valence-electron chi connectivity index (χ0n) is 15.8. The van der Waals surface area contributed by atoms with E-state index >= 15 is 0 Å². The minimum Gasteiger partial charge on any atom is -0.368 e. The van der Waals surface area contributed by atoms with Crippen LogP contribution in [-0.2, 0) is 4.79 Å². The van der Waals surface area contributed by atoms with Crippen molar-refractivity contribution in [2.24, 2.45) is 0 Å². The first kappa shape index (κ1) is 18.6. The Kier molecular flexibility index (Phi) is 5.98. The quantitative estimate of drug-likeness (QED) is 0.583. The van der Waals surface area contributed by atoms with Gasteiger partial charge in [0.15, 0.2) is 0 Å². The fourth-order valence-electron chi connectivity index (χ4n) is 3.51. The van der Waals surface area contributed by atoms with Crippen molar-refractivity contribution in [1.82, 2.24) is 4.90 Å². The van der Waals surface area contributed by atoms with Gasteiger partial charge < -0.3 is 9.80 Å². The Balaban J connectivity index is 1.48. The molecule has 1 saturated heterocycles. The Morgan fingerprint density at radius 2 is 1.25 bits per heavy atom. The molecule has 142 valence electrons. The van der Waals surface area contributed by atoms with Crippen molar-refractivity contribution in [2.45, 2.75) is 10.1 Å². The number of thioether (sulfide) groups is 1. The standard InChI is InChI=1S/C24H24N2OS/c27-24(26-18-16-25(17-19-26)21-12-6-2-7-13-21)23(20-10-4-1-5-11-20)28-22-14-8-3-9-15-22/h1-15,23H,16-19H2/t23-/m1/s1. The van der Waals surface area contributed by atoms with Gasteiger partial charge in [-0.3, -0.25) is 4.79 Å². The molecule has 3 nitrogen and oxygen atoms in total. The largest absolute Gasteiger partial charge is 0.368 e. The SMILES string of the molecule is O=C([C@H](Sc1ccccc1)c1ccccc1)N1CCN(c2ccccc2)CC1. The van der Waals surface area contributed by atoms with Crippen LogP contribution in [0.2, 0.25) is 0 Å². The second kappa shape index (κ2) is 8.98. The lowest BCUT2D eigenvalue weighted by Gasteiger charge is -2.37. The Morgan fingerprint density at radius 3 is 1.86 bits per heavy atom. The average molecular weight is 389 g/mol. The monoisotopic (exact) mass is 388 g/mol. The highest BCUT2D eigenvalue weighted by Crippen LogP contribution is 2.37. The summed E-state index contributed by atoms with van der Waals surface area (Å²) in [5.74, 6) is 0.202. The van der Waals surface area contributed by atoms with E-state index in [0.717, 1.165) is 36.6 Å². The van der Waals surface area contributed by atoms with Gasteiger partial charge in [0, 0.05) is 36.8 Å². The Labute approximate surface area is 171 Å². The predicted octanol–water partition coefficient (Wildman–Crippen LogP) is 4.87. The van der Waals surface area contributed by atoms with Crippen LogP contribution in [0.5, 0.6) is 0 Å². The van der Waals surface area contributed by atoms with E-state index in [9.17, 15) is 4.79 Å². The van der Waals surface area contributed by atoms with Gasteiger partial charge in [0.1, 0.15) is 5.25 Å². The number of benzene rings is 3. The average Bonchev–Trinajstić information content (AvgIpc) is 2.79. The predicted molar refractivity (Wildman–Crippen MR) is 117 cm³/mol. The first-order valence-corrected chi connectivity index (χ1v) is 10.5. The van der Waals surface area contributed by atoms with Crippen molar-refractivity contribution >= 4 is 23.4 Å². The van der Waals surface area contributed by atoms with Crippen LogP contribution in [0.15, 0.2) is 95.9 Å². The van der Waals surface area contributed by atoms with Gasteiger partial charge in [-0.25, -0.2) is 0 Å². The van der Waals surface area contributed by atoms with Crippen LogP contribution in [0.4, 0.5) is 5.69 Å². The Morgan fingerprint density at radius 1 is 0.714 bits per heavy atom. The molecule has 0 unspecified atom stereocenters. The highest BCUT2D eigenvalue weighted by molar-refractivity contribution is 8.00. The fourth-order valence-corrected chi connectivity index (χ4v) is 4.64. The molecule has 3 aromatic carbocycles. The van der Waals surface area contributed by atoms with Crippen LogP contribution in [-0.4, -0.2) is 37.0 Å². The third kappa shape index (κ3) is 4.39. The van der Waals surface area contributed by atoms with Crippen LogP contribution in [0.1, 0.15) is 10.8 Å². The van der Waals surface area contributed by atoms with Crippen LogP contribution in [0.3, 0.4) is 0 Å². The molecule has 1 aliphatic heterocycles. The van der Waals surface area contributed by atoms with Gasteiger partial charge >= 0.3 is 0 Å². The van der Waals surface area contributed by atoms with Gasteiger partial charge in [0.2, 0.25) is 5.91 Å². The fraction of sp³-hybridized carbons (Fsp3) is 0.208. The molecular weight excluding hydrogens is 364 g/mol. The Hall–Kier alpha value is -2.72. The molecule has 4 rings (SSSR count). The highest BCUT2D eigenvalue weighted by Gasteiger charge is 2.29. The molecule has 1 amide bonds. The summed E-state index contributed by atoms with van der Waals surface area (Å²) in [5, 5.41) is -0.216. The van der Waals surface area contributed by atoms with Crippen molar-refractivity contribution in [3.63, 3.8) is 0 Å². The lowest BCUT2D eigenvalue weighted by molar-refractivity contribution is -0.131. The third-order valence-electron chi connectivity index (χ3n) is 5.04. The minimum atomic E-state index is -0.216. The molecule has 0 bridgehead atoms. The third-order valence-corrected chi connectivity index (χ3v) is 6.29. The summed E-state index contributed by atoms with van der Waals surface area (Å²) in [4.78, 5) is 18.9. The number of piperazine rings is 1. The van der Waals surface area contributed by atoms with Gasteiger partial charge in [0.05, 0.1) is 0 Å². The van der Waals surface area contributed by atoms with E-state index in [0.29, 0.717) is 0 Å². The highest BCUT2D eigenvalue weighted by atomic mass is 32.2. The first-order valence-electron chi connectivity index (χ1n) is 9.67. The minimum absolute atomic E-state index is 0.202. The van der Waals surface area contributed by atoms with Crippen molar-refractivity contribution < 1.29 is 4.79 Å². The molecule has 1 atom stereocenters. The Bertz CT molecular complexity index is 878. The van der Waals surface area contributed by atoms with Crippen LogP contribution >= 0.6 is 11.8 Å². The van der Waals surface area contributed by atoms with E-state index in [1.807, 2.05) is 47.4 Å². The maximum Gasteiger partial charge on any atom is 0.240 e. The van der Waals surface area contributed by atoms with E-state index in [-0.39, 0.29) is 11.2 Å². The molecule has 0 saturated carbocycles. The van der Waals surface area contributed by atoms with Crippen molar-refractivity contribution in [2.75, 3.05) is 31.1 Å². The van der Waals surface area contributed by atoms with E-state index in [2.05, 4.69) is 53.4 Å². The molecule has 3 aromatic rings. The number of nitrogens with zero attached hydrogens (tertiary/aromatic N) is 2. The van der Waals surface area contributed by atoms with Gasteiger partial charge in [0.25, 0.3) is 0 Å². The molecule has 0 radical (unpaired) electrons. The lowest BCUT2D eigenvalue weighted by Crippen LogP contribution is -2.49. The lowest BCUT2D eigenvalue weighted by atomic mass is 10.1. The van der Waals surface area contributed by atoms with E-state index in [1.165, 1.54) is 5.69 Å². The number of amides is 1. The number of hydrogen-bond donors (Lipinski definition) is 0. The molecule has 0 aliphatic carbocycles. The maximum absolute atomic E-state index is 13.4. The second-order valence-corrected chi connectivity index (χ2v) is 8.05. The van der Waals surface area contributed by atoms with E-state index < -0.39 is 0 Å². The molecule has 0 aromatic heterocycles. The molecule has 4 heteroatoms. The summed E-state index contributed by atoms with van der Waals surface area (Å²) in [6.07, 6.45) is 0. The van der Waals surface area contributed by atoms with E-state index in [4.69, 9.17) is 0 Å². The molecule has 1 aliphatic rings. The van der Waals surface area contributed by atoms with Crippen LogP contribution in [0, 0.1) is 0 Å².